The summed E-state index contributed by atoms with van der Waals surface area (Å²) >= 11 is 2.27. The Bertz CT molecular complexity index is 995. The van der Waals surface area contributed by atoms with Crippen molar-refractivity contribution in [3.63, 3.8) is 0 Å². The predicted molar refractivity (Wildman–Crippen MR) is 138 cm³/mol. The molecule has 10 heteroatoms. The lowest BCUT2D eigenvalue weighted by atomic mass is 9.91. The van der Waals surface area contributed by atoms with E-state index in [1.165, 1.54) is 0 Å². The number of alkyl halides is 1. The molecule has 2 aliphatic heterocycles. The number of hydrogen-bond acceptors (Lipinski definition) is 5. The van der Waals surface area contributed by atoms with Crippen LogP contribution < -0.4 is 10.0 Å². The standard InChI is InChI=1S/C24H36IN3O5S/c1-15-6-4-5-7-17-13-24(17,22(31)27-34(32,33)23(3)8-9-23)26-21(30)19-12-18(25)14-28(19)20(29)11-16(2)10-15/h5,7,15-19H,4,6,8-14H2,1-3H3,(H,26,30)(H,27,31)/b7-5-/t15-,16-,17+,18-,19+,24-/m1/s1. The molecular weight excluding hydrogens is 569 g/mol. The molecule has 3 fully saturated rings. The Morgan fingerprint density at radius 1 is 1.21 bits per heavy atom. The second-order valence-electron chi connectivity index (χ2n) is 11.2. The second kappa shape index (κ2) is 9.37. The number of rotatable bonds is 3. The van der Waals surface area contributed by atoms with E-state index in [9.17, 15) is 22.8 Å². The summed E-state index contributed by atoms with van der Waals surface area (Å²) in [7, 11) is -3.82. The van der Waals surface area contributed by atoms with Crippen LogP contribution >= 0.6 is 22.6 Å². The highest BCUT2D eigenvalue weighted by Gasteiger charge is 2.63. The number of nitrogens with one attached hydrogen (secondary N) is 2. The molecule has 1 saturated heterocycles. The van der Waals surface area contributed by atoms with E-state index in [1.54, 1.807) is 11.8 Å². The van der Waals surface area contributed by atoms with Gasteiger partial charge in [-0.3, -0.25) is 19.1 Å². The van der Waals surface area contributed by atoms with Gasteiger partial charge in [-0.2, -0.15) is 0 Å². The smallest absolute Gasteiger partial charge is 0.259 e. The first kappa shape index (κ1) is 25.9. The molecule has 0 radical (unpaired) electrons. The first-order valence-electron chi connectivity index (χ1n) is 12.4. The van der Waals surface area contributed by atoms with Gasteiger partial charge in [-0.05, 0) is 63.7 Å². The Balaban J connectivity index is 1.59. The van der Waals surface area contributed by atoms with E-state index >= 15 is 0 Å². The number of halogens is 1. The summed E-state index contributed by atoms with van der Waals surface area (Å²) in [5.41, 5.74) is -1.29. The molecule has 0 spiro atoms. The Kier molecular flexibility index (Phi) is 7.14. The van der Waals surface area contributed by atoms with Crippen LogP contribution in [0.15, 0.2) is 12.2 Å². The maximum absolute atomic E-state index is 13.4. The van der Waals surface area contributed by atoms with Gasteiger partial charge in [0.15, 0.2) is 0 Å². The van der Waals surface area contributed by atoms with E-state index in [0.717, 1.165) is 19.3 Å². The summed E-state index contributed by atoms with van der Waals surface area (Å²) in [6.07, 6.45) is 9.07. The predicted octanol–water partition coefficient (Wildman–Crippen LogP) is 2.67. The number of fused-ring (bicyclic) bond motifs is 2. The van der Waals surface area contributed by atoms with Crippen LogP contribution in [-0.2, 0) is 24.4 Å². The minimum absolute atomic E-state index is 0.0258. The lowest BCUT2D eigenvalue weighted by Crippen LogP contribution is -2.57. The molecule has 4 rings (SSSR count). The SMILES string of the molecule is C[C@@H]1CC/C=C\[C@H]2C[C@@]2(C(=O)NS(=O)(=O)C2(C)CC2)NC(=O)[C@@H]2C[C@@H](I)CN2C(=O)C[C@H](C)C1. The van der Waals surface area contributed by atoms with Crippen molar-refractivity contribution in [2.75, 3.05) is 6.54 Å². The van der Waals surface area contributed by atoms with Crippen molar-refractivity contribution in [3.05, 3.63) is 12.2 Å². The molecule has 2 heterocycles. The molecule has 190 valence electrons. The molecule has 2 saturated carbocycles. The Morgan fingerprint density at radius 3 is 2.59 bits per heavy atom. The van der Waals surface area contributed by atoms with Crippen molar-refractivity contribution >= 4 is 50.3 Å². The Hall–Kier alpha value is -1.17. The highest BCUT2D eigenvalue weighted by Crippen LogP contribution is 2.47. The zero-order valence-electron chi connectivity index (χ0n) is 20.2. The largest absolute Gasteiger partial charge is 0.339 e. The summed E-state index contributed by atoms with van der Waals surface area (Å²) in [4.78, 5) is 41.5. The number of amides is 3. The molecule has 0 aromatic carbocycles. The molecule has 2 N–H and O–H groups in total. The first-order chi connectivity index (χ1) is 15.9. The molecule has 4 aliphatic rings. The minimum Gasteiger partial charge on any atom is -0.339 e. The maximum Gasteiger partial charge on any atom is 0.259 e. The van der Waals surface area contributed by atoms with Crippen LogP contribution in [0.3, 0.4) is 0 Å². The van der Waals surface area contributed by atoms with E-state index in [4.69, 9.17) is 0 Å². The van der Waals surface area contributed by atoms with Gasteiger partial charge in [-0.25, -0.2) is 8.42 Å². The van der Waals surface area contributed by atoms with Gasteiger partial charge in [0.2, 0.25) is 21.8 Å². The van der Waals surface area contributed by atoms with Gasteiger partial charge >= 0.3 is 0 Å². The monoisotopic (exact) mass is 605 g/mol. The van der Waals surface area contributed by atoms with Crippen LogP contribution in [0.1, 0.15) is 72.1 Å². The number of nitrogens with zero attached hydrogens (tertiary/aromatic N) is 1. The highest BCUT2D eigenvalue weighted by molar-refractivity contribution is 14.1. The molecule has 34 heavy (non-hydrogen) atoms. The molecule has 0 aromatic heterocycles. The Labute approximate surface area is 216 Å². The van der Waals surface area contributed by atoms with Crippen LogP contribution in [0.25, 0.3) is 0 Å². The average Bonchev–Trinajstić information content (AvgIpc) is 3.61. The molecular formula is C24H36IN3O5S. The lowest BCUT2D eigenvalue weighted by Gasteiger charge is -2.28. The summed E-state index contributed by atoms with van der Waals surface area (Å²) in [6, 6.07) is -0.642. The van der Waals surface area contributed by atoms with Crippen molar-refractivity contribution in [2.45, 2.75) is 92.4 Å². The fraction of sp³-hybridized carbons (Fsp3) is 0.792. The number of hydrogen-bond donors (Lipinski definition) is 2. The zero-order valence-corrected chi connectivity index (χ0v) is 23.2. The Morgan fingerprint density at radius 2 is 1.91 bits per heavy atom. The highest BCUT2D eigenvalue weighted by atomic mass is 127. The molecule has 6 atom stereocenters. The van der Waals surface area contributed by atoms with Gasteiger partial charge < -0.3 is 10.2 Å². The van der Waals surface area contributed by atoms with Crippen molar-refractivity contribution in [1.82, 2.24) is 14.9 Å². The van der Waals surface area contributed by atoms with E-state index in [2.05, 4.69) is 46.5 Å². The van der Waals surface area contributed by atoms with Gasteiger partial charge in [-0.1, -0.05) is 48.6 Å². The topological polar surface area (TPSA) is 113 Å². The van der Waals surface area contributed by atoms with E-state index in [1.807, 2.05) is 12.2 Å². The number of carbonyl (C=O) groups excluding carboxylic acids is 3. The van der Waals surface area contributed by atoms with Gasteiger partial charge in [0.05, 0.1) is 4.75 Å². The molecule has 0 aromatic rings. The van der Waals surface area contributed by atoms with Crippen molar-refractivity contribution in [1.29, 1.82) is 0 Å². The first-order valence-corrected chi connectivity index (χ1v) is 15.1. The molecule has 2 aliphatic carbocycles. The fourth-order valence-electron chi connectivity index (χ4n) is 5.32. The van der Waals surface area contributed by atoms with Gasteiger partial charge in [0.25, 0.3) is 5.91 Å². The summed E-state index contributed by atoms with van der Waals surface area (Å²) in [5, 5.41) is 2.90. The third-order valence-electron chi connectivity index (χ3n) is 7.99. The van der Waals surface area contributed by atoms with Crippen LogP contribution in [0, 0.1) is 17.8 Å². The van der Waals surface area contributed by atoms with Crippen LogP contribution in [0.2, 0.25) is 0 Å². The fourth-order valence-corrected chi connectivity index (χ4v) is 7.54. The molecule has 3 amide bonds. The maximum atomic E-state index is 13.4. The molecule has 8 nitrogen and oxygen atoms in total. The zero-order chi connectivity index (χ0) is 24.9. The van der Waals surface area contributed by atoms with Crippen LogP contribution in [0.4, 0.5) is 0 Å². The third kappa shape index (κ3) is 5.17. The van der Waals surface area contributed by atoms with Crippen LogP contribution in [-0.4, -0.2) is 57.8 Å². The van der Waals surface area contributed by atoms with E-state index in [0.29, 0.717) is 44.6 Å². The van der Waals surface area contributed by atoms with E-state index < -0.39 is 32.3 Å². The average molecular weight is 606 g/mol. The van der Waals surface area contributed by atoms with Crippen LogP contribution in [0.5, 0.6) is 0 Å². The van der Waals surface area contributed by atoms with Crippen molar-refractivity contribution < 1.29 is 22.8 Å². The normalized spacial score (nSPS) is 39.1. The molecule has 0 bridgehead atoms. The summed E-state index contributed by atoms with van der Waals surface area (Å²) in [5.74, 6) is -0.642. The quantitative estimate of drug-likeness (QED) is 0.292. The third-order valence-corrected chi connectivity index (χ3v) is 11.1. The van der Waals surface area contributed by atoms with E-state index in [-0.39, 0.29) is 27.6 Å². The summed E-state index contributed by atoms with van der Waals surface area (Å²) < 4.78 is 27.0. The van der Waals surface area contributed by atoms with Gasteiger partial charge in [-0.15, -0.1) is 0 Å². The summed E-state index contributed by atoms with van der Waals surface area (Å²) in [6.45, 7) is 6.42. The molecule has 0 unspecified atom stereocenters. The number of allylic oxidation sites excluding steroid dienone is 1. The second-order valence-corrected chi connectivity index (χ2v) is 15.2. The van der Waals surface area contributed by atoms with Crippen molar-refractivity contribution in [3.8, 4) is 0 Å². The minimum atomic E-state index is -3.82. The number of carbonyl (C=O) groups is 3. The van der Waals surface area contributed by atoms with Crippen molar-refractivity contribution in [2.24, 2.45) is 17.8 Å². The number of sulfonamides is 1. The lowest BCUT2D eigenvalue weighted by molar-refractivity contribution is -0.140. The van der Waals surface area contributed by atoms with Gasteiger partial charge in [0.1, 0.15) is 11.6 Å². The van der Waals surface area contributed by atoms with Gasteiger partial charge in [0, 0.05) is 22.8 Å².